The van der Waals surface area contributed by atoms with Crippen molar-refractivity contribution < 1.29 is 14.4 Å². The molecule has 0 amide bonds. The van der Waals surface area contributed by atoms with Crippen molar-refractivity contribution in [3.05, 3.63) is 34.1 Å². The minimum atomic E-state index is -0.861. The fraction of sp³-hybridized carbons (Fsp3) is 0.417. The molecule has 0 saturated heterocycles. The number of rotatable bonds is 5. The fourth-order valence-corrected chi connectivity index (χ4v) is 2.22. The number of aromatic nitrogens is 2. The molecule has 2 heterocycles. The molecule has 0 aliphatic rings. The Balaban J connectivity index is 2.08. The van der Waals surface area contributed by atoms with Crippen molar-refractivity contribution in [3.8, 4) is 0 Å². The molecule has 0 bridgehead atoms. The summed E-state index contributed by atoms with van der Waals surface area (Å²) in [5.41, 5.74) is 0. The van der Waals surface area contributed by atoms with Crippen molar-refractivity contribution in [2.75, 3.05) is 0 Å². The molecular formula is C12H14N2O3S. The summed E-state index contributed by atoms with van der Waals surface area (Å²) < 4.78 is 5.13. The van der Waals surface area contributed by atoms with Crippen LogP contribution in [0.25, 0.3) is 0 Å². The molecule has 2 unspecified atom stereocenters. The van der Waals surface area contributed by atoms with E-state index in [4.69, 9.17) is 9.63 Å². The molecule has 0 aromatic carbocycles. The number of hydrogen-bond donors (Lipinski definition) is 1. The third-order valence-electron chi connectivity index (χ3n) is 2.93. The average molecular weight is 266 g/mol. The maximum absolute atomic E-state index is 10.9. The lowest BCUT2D eigenvalue weighted by atomic mass is 9.96. The van der Waals surface area contributed by atoms with Gasteiger partial charge in [0.15, 0.2) is 5.82 Å². The van der Waals surface area contributed by atoms with E-state index in [-0.39, 0.29) is 5.92 Å². The lowest BCUT2D eigenvalue weighted by molar-refractivity contribution is -0.141. The lowest BCUT2D eigenvalue weighted by Crippen LogP contribution is -2.16. The number of hydrogen-bond acceptors (Lipinski definition) is 5. The van der Waals surface area contributed by atoms with E-state index in [0.717, 1.165) is 4.88 Å². The van der Waals surface area contributed by atoms with Crippen LogP contribution in [-0.2, 0) is 11.2 Å². The second-order valence-corrected chi connectivity index (χ2v) is 5.25. The van der Waals surface area contributed by atoms with Crippen molar-refractivity contribution in [3.63, 3.8) is 0 Å². The van der Waals surface area contributed by atoms with Gasteiger partial charge in [0.2, 0.25) is 5.89 Å². The van der Waals surface area contributed by atoms with Crippen LogP contribution in [0.2, 0.25) is 0 Å². The molecule has 2 rings (SSSR count). The van der Waals surface area contributed by atoms with Gasteiger partial charge in [-0.3, -0.25) is 4.79 Å². The first-order valence-electron chi connectivity index (χ1n) is 5.65. The van der Waals surface area contributed by atoms with E-state index in [1.165, 1.54) is 0 Å². The van der Waals surface area contributed by atoms with Gasteiger partial charge < -0.3 is 9.63 Å². The van der Waals surface area contributed by atoms with Gasteiger partial charge in [-0.15, -0.1) is 11.3 Å². The summed E-state index contributed by atoms with van der Waals surface area (Å²) in [6.45, 7) is 3.41. The second kappa shape index (κ2) is 5.30. The van der Waals surface area contributed by atoms with Gasteiger partial charge in [-0.25, -0.2) is 0 Å². The van der Waals surface area contributed by atoms with Crippen LogP contribution in [0.5, 0.6) is 0 Å². The van der Waals surface area contributed by atoms with Crippen LogP contribution in [0, 0.1) is 5.92 Å². The van der Waals surface area contributed by atoms with Gasteiger partial charge in [-0.2, -0.15) is 4.98 Å². The minimum Gasteiger partial charge on any atom is -0.481 e. The van der Waals surface area contributed by atoms with E-state index in [0.29, 0.717) is 18.1 Å². The Labute approximate surface area is 108 Å². The zero-order valence-electron chi connectivity index (χ0n) is 10.2. The van der Waals surface area contributed by atoms with Gasteiger partial charge in [0, 0.05) is 17.2 Å². The third kappa shape index (κ3) is 2.76. The number of nitrogens with zero attached hydrogens (tertiary/aromatic N) is 2. The Morgan fingerprint density at radius 2 is 2.33 bits per heavy atom. The van der Waals surface area contributed by atoms with Gasteiger partial charge >= 0.3 is 5.97 Å². The monoisotopic (exact) mass is 266 g/mol. The van der Waals surface area contributed by atoms with Crippen LogP contribution in [0.1, 0.15) is 36.4 Å². The molecule has 5 nitrogen and oxygen atoms in total. The molecule has 18 heavy (non-hydrogen) atoms. The molecule has 6 heteroatoms. The predicted octanol–water partition coefficient (Wildman–Crippen LogP) is 2.55. The Bertz CT molecular complexity index is 521. The molecule has 0 spiro atoms. The van der Waals surface area contributed by atoms with Gasteiger partial charge in [-0.05, 0) is 11.4 Å². The Kier molecular flexibility index (Phi) is 3.76. The summed E-state index contributed by atoms with van der Waals surface area (Å²) in [5.74, 6) is -0.707. The Morgan fingerprint density at radius 1 is 1.56 bits per heavy atom. The molecule has 2 atom stereocenters. The summed E-state index contributed by atoms with van der Waals surface area (Å²) in [7, 11) is 0. The van der Waals surface area contributed by atoms with Crippen molar-refractivity contribution in [1.82, 2.24) is 10.1 Å². The number of aliphatic carboxylic acids is 1. The highest BCUT2D eigenvalue weighted by molar-refractivity contribution is 7.09. The molecule has 0 aliphatic heterocycles. The van der Waals surface area contributed by atoms with Crippen LogP contribution < -0.4 is 0 Å². The van der Waals surface area contributed by atoms with E-state index in [1.807, 2.05) is 17.5 Å². The third-order valence-corrected chi connectivity index (χ3v) is 3.80. The predicted molar refractivity (Wildman–Crippen MR) is 66.6 cm³/mol. The smallest absolute Gasteiger partial charge is 0.307 e. The topological polar surface area (TPSA) is 76.2 Å². The largest absolute Gasteiger partial charge is 0.481 e. The normalized spacial score (nSPS) is 14.3. The van der Waals surface area contributed by atoms with Crippen molar-refractivity contribution >= 4 is 17.3 Å². The first kappa shape index (κ1) is 12.8. The van der Waals surface area contributed by atoms with Crippen LogP contribution in [-0.4, -0.2) is 21.2 Å². The number of carboxylic acids is 1. The highest BCUT2D eigenvalue weighted by Gasteiger charge is 2.25. The summed E-state index contributed by atoms with van der Waals surface area (Å²) in [6.07, 6.45) is 0.620. The molecule has 2 aromatic rings. The van der Waals surface area contributed by atoms with Crippen LogP contribution >= 0.6 is 11.3 Å². The van der Waals surface area contributed by atoms with E-state index < -0.39 is 11.9 Å². The van der Waals surface area contributed by atoms with Crippen molar-refractivity contribution in [1.29, 1.82) is 0 Å². The van der Waals surface area contributed by atoms with Gasteiger partial charge in [-0.1, -0.05) is 25.1 Å². The lowest BCUT2D eigenvalue weighted by Gasteiger charge is -2.10. The van der Waals surface area contributed by atoms with E-state index in [9.17, 15) is 4.79 Å². The van der Waals surface area contributed by atoms with Gasteiger partial charge in [0.1, 0.15) is 0 Å². The molecular weight excluding hydrogens is 252 g/mol. The highest BCUT2D eigenvalue weighted by Crippen LogP contribution is 2.23. The van der Waals surface area contributed by atoms with E-state index >= 15 is 0 Å². The highest BCUT2D eigenvalue weighted by atomic mass is 32.1. The quantitative estimate of drug-likeness (QED) is 0.900. The number of carbonyl (C=O) groups is 1. The van der Waals surface area contributed by atoms with Crippen LogP contribution in [0.15, 0.2) is 22.0 Å². The van der Waals surface area contributed by atoms with Crippen LogP contribution in [0.3, 0.4) is 0 Å². The second-order valence-electron chi connectivity index (χ2n) is 4.22. The molecule has 0 saturated carbocycles. The van der Waals surface area contributed by atoms with Crippen molar-refractivity contribution in [2.45, 2.75) is 26.2 Å². The Morgan fingerprint density at radius 3 is 2.94 bits per heavy atom. The summed E-state index contributed by atoms with van der Waals surface area (Å²) in [4.78, 5) is 16.3. The first-order valence-corrected chi connectivity index (χ1v) is 6.53. The van der Waals surface area contributed by atoms with E-state index in [2.05, 4.69) is 10.1 Å². The molecule has 1 N–H and O–H groups in total. The standard InChI is InChI=1S/C12H14N2O3S/c1-7(8(2)12(15)16)11-13-10(14-17-11)6-9-4-3-5-18-9/h3-5,7-8H,6H2,1-2H3,(H,15,16). The maximum Gasteiger partial charge on any atom is 0.307 e. The van der Waals surface area contributed by atoms with Gasteiger partial charge in [0.25, 0.3) is 0 Å². The summed E-state index contributed by atoms with van der Waals surface area (Å²) >= 11 is 1.63. The maximum atomic E-state index is 10.9. The Hall–Kier alpha value is -1.69. The number of carboxylic acid groups (broad SMARTS) is 1. The first-order chi connectivity index (χ1) is 8.58. The summed E-state index contributed by atoms with van der Waals surface area (Å²) in [5, 5.41) is 14.8. The zero-order chi connectivity index (χ0) is 13.1. The minimum absolute atomic E-state index is 0.285. The molecule has 2 aromatic heterocycles. The van der Waals surface area contributed by atoms with E-state index in [1.54, 1.807) is 25.2 Å². The van der Waals surface area contributed by atoms with Crippen LogP contribution in [0.4, 0.5) is 0 Å². The fourth-order valence-electron chi connectivity index (χ4n) is 1.52. The van der Waals surface area contributed by atoms with Crippen molar-refractivity contribution in [2.24, 2.45) is 5.92 Å². The molecule has 0 aliphatic carbocycles. The molecule has 0 radical (unpaired) electrons. The molecule has 96 valence electrons. The zero-order valence-corrected chi connectivity index (χ0v) is 11.0. The summed E-state index contributed by atoms with van der Waals surface area (Å²) in [6, 6.07) is 3.97. The van der Waals surface area contributed by atoms with Gasteiger partial charge in [0.05, 0.1) is 5.92 Å². The molecule has 0 fully saturated rings. The SMILES string of the molecule is CC(C(=O)O)C(C)c1nc(Cc2cccs2)no1. The number of thiophene rings is 1. The average Bonchev–Trinajstić information content (AvgIpc) is 2.99.